The van der Waals surface area contributed by atoms with Crippen molar-refractivity contribution in [2.45, 2.75) is 32.7 Å². The average molecular weight is 485 g/mol. The Morgan fingerprint density at radius 2 is 1.94 bits per heavy atom. The molecule has 1 amide bonds. The number of aromatic amines is 1. The third kappa shape index (κ3) is 4.00. The quantitative estimate of drug-likeness (QED) is 0.368. The largest absolute Gasteiger partial charge is 0.416 e. The Morgan fingerprint density at radius 3 is 2.66 bits per heavy atom. The molecular weight excluding hydrogens is 466 g/mol. The molecule has 4 aromatic rings. The predicted molar refractivity (Wildman–Crippen MR) is 120 cm³/mol. The van der Waals surface area contributed by atoms with E-state index in [1.807, 2.05) is 11.8 Å². The van der Waals surface area contributed by atoms with Crippen LogP contribution in [0, 0.1) is 12.7 Å². The highest BCUT2D eigenvalue weighted by molar-refractivity contribution is 6.07. The van der Waals surface area contributed by atoms with Gasteiger partial charge in [-0.05, 0) is 31.2 Å². The molecule has 3 heterocycles. The molecule has 8 nitrogen and oxygen atoms in total. The van der Waals surface area contributed by atoms with Crippen LogP contribution in [0.2, 0.25) is 0 Å². The Hall–Kier alpha value is -4.22. The van der Waals surface area contributed by atoms with Crippen molar-refractivity contribution in [3.8, 4) is 0 Å². The van der Waals surface area contributed by atoms with Crippen molar-refractivity contribution in [3.63, 3.8) is 0 Å². The molecule has 1 aliphatic rings. The number of anilines is 2. The monoisotopic (exact) mass is 485 g/mol. The predicted octanol–water partition coefficient (Wildman–Crippen LogP) is 4.05. The average Bonchev–Trinajstić information content (AvgIpc) is 3.38. The molecule has 2 aromatic heterocycles. The molecule has 1 aliphatic heterocycles. The number of hydrogen-bond donors (Lipinski definition) is 3. The number of primary amides is 1. The molecule has 0 saturated heterocycles. The number of benzene rings is 2. The molecule has 5 rings (SSSR count). The summed E-state index contributed by atoms with van der Waals surface area (Å²) in [6.07, 6.45) is -4.73. The van der Waals surface area contributed by atoms with Gasteiger partial charge in [-0.15, -0.1) is 0 Å². The van der Waals surface area contributed by atoms with Gasteiger partial charge in [0.15, 0.2) is 0 Å². The van der Waals surface area contributed by atoms with Crippen LogP contribution >= 0.6 is 0 Å². The second-order valence-electron chi connectivity index (χ2n) is 8.18. The Bertz CT molecular complexity index is 1460. The minimum atomic E-state index is -4.73. The van der Waals surface area contributed by atoms with Gasteiger partial charge in [0.1, 0.15) is 11.6 Å². The number of para-hydroxylation sites is 1. The number of nitrogens with one attached hydrogen (secondary N) is 2. The summed E-state index contributed by atoms with van der Waals surface area (Å²) in [4.78, 5) is 23.0. The summed E-state index contributed by atoms with van der Waals surface area (Å²) in [6.45, 7) is 2.25. The van der Waals surface area contributed by atoms with Gasteiger partial charge in [0.05, 0.1) is 34.6 Å². The molecule has 4 N–H and O–H groups in total. The summed E-state index contributed by atoms with van der Waals surface area (Å²) in [7, 11) is 0. The number of aromatic nitrogens is 4. The molecule has 0 fully saturated rings. The second-order valence-corrected chi connectivity index (χ2v) is 8.18. The number of H-pyrrole nitrogens is 1. The zero-order chi connectivity index (χ0) is 24.9. The Morgan fingerprint density at radius 1 is 1.17 bits per heavy atom. The molecule has 0 spiro atoms. The van der Waals surface area contributed by atoms with E-state index in [2.05, 4.69) is 25.5 Å². The van der Waals surface area contributed by atoms with Crippen molar-refractivity contribution >= 4 is 28.6 Å². The highest BCUT2D eigenvalue weighted by atomic mass is 19.4. The maximum atomic E-state index is 14.4. The van der Waals surface area contributed by atoms with Gasteiger partial charge in [0.2, 0.25) is 5.95 Å². The molecule has 35 heavy (non-hydrogen) atoms. The van der Waals surface area contributed by atoms with Crippen LogP contribution in [0.3, 0.4) is 0 Å². The van der Waals surface area contributed by atoms with Crippen LogP contribution in [0.1, 0.15) is 38.4 Å². The second kappa shape index (κ2) is 8.22. The maximum absolute atomic E-state index is 14.4. The number of carbonyl (C=O) groups excluding carboxylic acids is 1. The minimum Gasteiger partial charge on any atom is -0.366 e. The van der Waals surface area contributed by atoms with Crippen molar-refractivity contribution in [1.29, 1.82) is 0 Å². The van der Waals surface area contributed by atoms with E-state index < -0.39 is 35.6 Å². The first kappa shape index (κ1) is 22.6. The zero-order valence-electron chi connectivity index (χ0n) is 18.4. The Kier molecular flexibility index (Phi) is 5.30. The molecule has 0 bridgehead atoms. The molecule has 12 heteroatoms. The van der Waals surface area contributed by atoms with Crippen molar-refractivity contribution in [2.75, 3.05) is 10.2 Å². The van der Waals surface area contributed by atoms with Gasteiger partial charge in [-0.25, -0.2) is 9.37 Å². The van der Waals surface area contributed by atoms with Crippen molar-refractivity contribution in [1.82, 2.24) is 20.2 Å². The van der Waals surface area contributed by atoms with Crippen LogP contribution in [-0.4, -0.2) is 26.1 Å². The smallest absolute Gasteiger partial charge is 0.366 e. The summed E-state index contributed by atoms with van der Waals surface area (Å²) in [6, 6.07) is 7.48. The molecule has 0 aliphatic carbocycles. The standard InChI is InChI=1S/C23H19F4N7O/c1-11-15-9-34(10-18(15)33-32-11)22-30-19-12(20(28)35)4-2-5-13(19)21(31-22)29-8-14-16(23(25,26)27)6-3-7-17(14)24/h2-7H,8-10H2,1H3,(H2,28,35)(H,32,33)(H,29,30,31). The molecule has 0 unspecified atom stereocenters. The Balaban J connectivity index is 1.58. The van der Waals surface area contributed by atoms with E-state index in [0.29, 0.717) is 18.5 Å². The maximum Gasteiger partial charge on any atom is 0.416 e. The Labute approximate surface area is 196 Å². The lowest BCUT2D eigenvalue weighted by atomic mass is 10.1. The van der Waals surface area contributed by atoms with Crippen LogP contribution in [-0.2, 0) is 25.8 Å². The SMILES string of the molecule is Cc1n[nH]c2c1CN(c1nc(NCc3c(F)cccc3C(F)(F)F)c3cccc(C(N)=O)c3n1)C2. The van der Waals surface area contributed by atoms with Gasteiger partial charge in [0, 0.05) is 29.6 Å². The third-order valence-electron chi connectivity index (χ3n) is 5.98. The van der Waals surface area contributed by atoms with Crippen LogP contribution in [0.15, 0.2) is 36.4 Å². The molecule has 180 valence electrons. The minimum absolute atomic E-state index is 0.131. The van der Waals surface area contributed by atoms with Gasteiger partial charge >= 0.3 is 6.18 Å². The number of halogens is 4. The molecule has 0 saturated carbocycles. The first-order chi connectivity index (χ1) is 16.6. The van der Waals surface area contributed by atoms with Crippen LogP contribution in [0.25, 0.3) is 10.9 Å². The number of nitrogens with two attached hydrogens (primary N) is 1. The normalized spacial score (nSPS) is 13.3. The topological polar surface area (TPSA) is 113 Å². The molecule has 0 atom stereocenters. The highest BCUT2D eigenvalue weighted by Gasteiger charge is 2.34. The first-order valence-electron chi connectivity index (χ1n) is 10.6. The number of nitrogens with zero attached hydrogens (tertiary/aromatic N) is 4. The van der Waals surface area contributed by atoms with Crippen LogP contribution in [0.5, 0.6) is 0 Å². The number of rotatable bonds is 5. The van der Waals surface area contributed by atoms with Gasteiger partial charge < -0.3 is 16.0 Å². The van der Waals surface area contributed by atoms with Crippen LogP contribution < -0.4 is 16.0 Å². The highest BCUT2D eigenvalue weighted by Crippen LogP contribution is 2.35. The number of carbonyl (C=O) groups is 1. The summed E-state index contributed by atoms with van der Waals surface area (Å²) < 4.78 is 54.8. The fourth-order valence-electron chi connectivity index (χ4n) is 4.22. The lowest BCUT2D eigenvalue weighted by Crippen LogP contribution is -2.21. The van der Waals surface area contributed by atoms with Crippen molar-refractivity contribution in [3.05, 3.63) is 75.9 Å². The summed E-state index contributed by atoms with van der Waals surface area (Å²) in [5.74, 6) is -1.33. The lowest BCUT2D eigenvalue weighted by molar-refractivity contribution is -0.138. The fourth-order valence-corrected chi connectivity index (χ4v) is 4.22. The van der Waals surface area contributed by atoms with Crippen molar-refractivity contribution in [2.24, 2.45) is 5.73 Å². The summed E-state index contributed by atoms with van der Waals surface area (Å²) >= 11 is 0. The number of fused-ring (bicyclic) bond motifs is 2. The van der Waals surface area contributed by atoms with Crippen LogP contribution in [0.4, 0.5) is 29.3 Å². The van der Waals surface area contributed by atoms with E-state index in [0.717, 1.165) is 35.2 Å². The number of alkyl halides is 3. The summed E-state index contributed by atoms with van der Waals surface area (Å²) in [5.41, 5.74) is 7.00. The van der Waals surface area contributed by atoms with E-state index in [1.54, 1.807) is 12.1 Å². The first-order valence-corrected chi connectivity index (χ1v) is 10.6. The number of hydrogen-bond acceptors (Lipinski definition) is 6. The van der Waals surface area contributed by atoms with E-state index in [9.17, 15) is 22.4 Å². The molecule has 2 aromatic carbocycles. The van der Waals surface area contributed by atoms with E-state index in [1.165, 1.54) is 6.07 Å². The lowest BCUT2D eigenvalue weighted by Gasteiger charge is -2.20. The third-order valence-corrected chi connectivity index (χ3v) is 5.98. The van der Waals surface area contributed by atoms with Gasteiger partial charge in [-0.1, -0.05) is 12.1 Å². The molecule has 0 radical (unpaired) electrons. The van der Waals surface area contributed by atoms with Crippen molar-refractivity contribution < 1.29 is 22.4 Å². The van der Waals surface area contributed by atoms with E-state index >= 15 is 0 Å². The van der Waals surface area contributed by atoms with Gasteiger partial charge in [-0.3, -0.25) is 9.89 Å². The summed E-state index contributed by atoms with van der Waals surface area (Å²) in [5, 5.41) is 10.3. The van der Waals surface area contributed by atoms with Gasteiger partial charge in [-0.2, -0.15) is 23.3 Å². The molecular formula is C23H19F4N7O. The van der Waals surface area contributed by atoms with E-state index in [4.69, 9.17) is 5.73 Å². The number of aryl methyl sites for hydroxylation is 1. The number of amides is 1. The van der Waals surface area contributed by atoms with Gasteiger partial charge in [0.25, 0.3) is 5.91 Å². The fraction of sp³-hybridized carbons (Fsp3) is 0.217. The zero-order valence-corrected chi connectivity index (χ0v) is 18.4. The van der Waals surface area contributed by atoms with E-state index in [-0.39, 0.29) is 22.8 Å².